The van der Waals surface area contributed by atoms with E-state index in [1.54, 1.807) is 14.2 Å². The van der Waals surface area contributed by atoms with Gasteiger partial charge in [0.1, 0.15) is 0 Å². The molecule has 0 aromatic heterocycles. The highest BCUT2D eigenvalue weighted by Gasteiger charge is 2.08. The molecule has 0 aliphatic carbocycles. The zero-order valence-corrected chi connectivity index (χ0v) is 11.2. The molecule has 0 N–H and O–H groups in total. The van der Waals surface area contributed by atoms with Crippen molar-refractivity contribution in [3.63, 3.8) is 0 Å². The normalized spacial score (nSPS) is 9.79. The van der Waals surface area contributed by atoms with Crippen molar-refractivity contribution in [3.8, 4) is 28.7 Å². The lowest BCUT2D eigenvalue weighted by Crippen LogP contribution is -1.92. The molecule has 0 aliphatic rings. The van der Waals surface area contributed by atoms with Crippen LogP contribution in [0.1, 0.15) is 11.1 Å². The highest BCUT2D eigenvalue weighted by atomic mass is 16.5. The van der Waals surface area contributed by atoms with E-state index in [-0.39, 0.29) is 0 Å². The fourth-order valence-corrected chi connectivity index (χ4v) is 2.01. The summed E-state index contributed by atoms with van der Waals surface area (Å²) in [4.78, 5) is 0. The maximum Gasteiger partial charge on any atom is 0.161 e. The first-order valence-electron chi connectivity index (χ1n) is 5.92. The minimum Gasteiger partial charge on any atom is -0.493 e. The molecule has 3 nitrogen and oxygen atoms in total. The largest absolute Gasteiger partial charge is 0.493 e. The fourth-order valence-electron chi connectivity index (χ4n) is 2.01. The number of ether oxygens (including phenoxy) is 2. The van der Waals surface area contributed by atoms with Gasteiger partial charge >= 0.3 is 0 Å². The Labute approximate surface area is 113 Å². The van der Waals surface area contributed by atoms with Crippen molar-refractivity contribution >= 4 is 0 Å². The molecule has 0 unspecified atom stereocenters. The lowest BCUT2D eigenvalue weighted by molar-refractivity contribution is 0.355. The molecule has 2 rings (SSSR count). The number of aryl methyl sites for hydroxylation is 1. The monoisotopic (exact) mass is 253 g/mol. The number of nitriles is 1. The van der Waals surface area contributed by atoms with Gasteiger partial charge in [0, 0.05) is 0 Å². The maximum absolute atomic E-state index is 8.99. The molecule has 0 saturated carbocycles. The van der Waals surface area contributed by atoms with Crippen LogP contribution in [0, 0.1) is 18.3 Å². The molecule has 2 aromatic rings. The molecule has 0 spiro atoms. The van der Waals surface area contributed by atoms with Gasteiger partial charge in [-0.25, -0.2) is 0 Å². The Morgan fingerprint density at radius 3 is 2.32 bits per heavy atom. The van der Waals surface area contributed by atoms with E-state index >= 15 is 0 Å². The van der Waals surface area contributed by atoms with Gasteiger partial charge in [-0.2, -0.15) is 5.26 Å². The Morgan fingerprint density at radius 2 is 1.68 bits per heavy atom. The lowest BCUT2D eigenvalue weighted by atomic mass is 9.98. The highest BCUT2D eigenvalue weighted by molar-refractivity contribution is 5.71. The predicted molar refractivity (Wildman–Crippen MR) is 74.4 cm³/mol. The maximum atomic E-state index is 8.99. The molecule has 0 heterocycles. The molecule has 0 amide bonds. The second-order valence-electron chi connectivity index (χ2n) is 4.21. The molecule has 0 aliphatic heterocycles. The third-order valence-corrected chi connectivity index (χ3v) is 3.06. The summed E-state index contributed by atoms with van der Waals surface area (Å²) in [6.07, 6.45) is 0. The molecule has 0 fully saturated rings. The molecular formula is C16H15NO2. The van der Waals surface area contributed by atoms with E-state index in [4.69, 9.17) is 14.7 Å². The van der Waals surface area contributed by atoms with E-state index in [1.807, 2.05) is 43.3 Å². The summed E-state index contributed by atoms with van der Waals surface area (Å²) >= 11 is 0. The Morgan fingerprint density at radius 1 is 0.947 bits per heavy atom. The number of hydrogen-bond acceptors (Lipinski definition) is 3. The van der Waals surface area contributed by atoms with Gasteiger partial charge in [-0.3, -0.25) is 0 Å². The van der Waals surface area contributed by atoms with Crippen LogP contribution in [0.25, 0.3) is 11.1 Å². The Kier molecular flexibility index (Phi) is 3.72. The molecule has 2 aromatic carbocycles. The SMILES string of the molecule is COc1ccc(-c2cc(C#N)ccc2C)cc1OC. The molecular weight excluding hydrogens is 238 g/mol. The van der Waals surface area contributed by atoms with Crippen molar-refractivity contribution in [1.29, 1.82) is 5.26 Å². The van der Waals surface area contributed by atoms with Crippen LogP contribution in [0.5, 0.6) is 11.5 Å². The summed E-state index contributed by atoms with van der Waals surface area (Å²) in [6.45, 7) is 2.02. The number of benzene rings is 2. The van der Waals surface area contributed by atoms with Crippen molar-refractivity contribution < 1.29 is 9.47 Å². The van der Waals surface area contributed by atoms with Crippen LogP contribution in [0.4, 0.5) is 0 Å². The second-order valence-corrected chi connectivity index (χ2v) is 4.21. The third kappa shape index (κ3) is 2.53. The Balaban J connectivity index is 2.56. The lowest BCUT2D eigenvalue weighted by Gasteiger charge is -2.11. The highest BCUT2D eigenvalue weighted by Crippen LogP contribution is 2.33. The Bertz CT molecular complexity index is 642. The van der Waals surface area contributed by atoms with Gasteiger partial charge in [0.15, 0.2) is 11.5 Å². The minimum atomic E-state index is 0.649. The summed E-state index contributed by atoms with van der Waals surface area (Å²) in [6, 6.07) is 13.6. The minimum absolute atomic E-state index is 0.649. The number of rotatable bonds is 3. The van der Waals surface area contributed by atoms with E-state index in [1.165, 1.54) is 0 Å². The van der Waals surface area contributed by atoms with Crippen molar-refractivity contribution in [2.75, 3.05) is 14.2 Å². The molecule has 0 radical (unpaired) electrons. The van der Waals surface area contributed by atoms with E-state index in [9.17, 15) is 0 Å². The molecule has 0 saturated heterocycles. The van der Waals surface area contributed by atoms with Crippen LogP contribution in [-0.2, 0) is 0 Å². The summed E-state index contributed by atoms with van der Waals surface area (Å²) in [7, 11) is 3.22. The number of hydrogen-bond donors (Lipinski definition) is 0. The summed E-state index contributed by atoms with van der Waals surface area (Å²) < 4.78 is 10.5. The van der Waals surface area contributed by atoms with Crippen LogP contribution in [-0.4, -0.2) is 14.2 Å². The summed E-state index contributed by atoms with van der Waals surface area (Å²) in [5.74, 6) is 1.38. The number of nitrogens with zero attached hydrogens (tertiary/aromatic N) is 1. The van der Waals surface area contributed by atoms with E-state index in [0.717, 1.165) is 16.7 Å². The van der Waals surface area contributed by atoms with Gasteiger partial charge in [-0.05, 0) is 47.9 Å². The van der Waals surface area contributed by atoms with Crippen LogP contribution in [0.2, 0.25) is 0 Å². The topological polar surface area (TPSA) is 42.2 Å². The second kappa shape index (κ2) is 5.45. The predicted octanol–water partition coefficient (Wildman–Crippen LogP) is 3.55. The standard InChI is InChI=1S/C16H15NO2/c1-11-4-5-12(10-17)8-14(11)13-6-7-15(18-2)16(9-13)19-3/h4-9H,1-3H3. The molecule has 19 heavy (non-hydrogen) atoms. The van der Waals surface area contributed by atoms with Gasteiger partial charge in [0.25, 0.3) is 0 Å². The number of methoxy groups -OCH3 is 2. The molecule has 96 valence electrons. The third-order valence-electron chi connectivity index (χ3n) is 3.06. The quantitative estimate of drug-likeness (QED) is 0.840. The summed E-state index contributed by atoms with van der Waals surface area (Å²) in [5.41, 5.74) is 3.80. The van der Waals surface area contributed by atoms with Crippen molar-refractivity contribution in [3.05, 3.63) is 47.5 Å². The van der Waals surface area contributed by atoms with Crippen LogP contribution in [0.3, 0.4) is 0 Å². The first-order chi connectivity index (χ1) is 9.19. The van der Waals surface area contributed by atoms with Crippen LogP contribution in [0.15, 0.2) is 36.4 Å². The van der Waals surface area contributed by atoms with E-state index in [0.29, 0.717) is 17.1 Å². The first-order valence-corrected chi connectivity index (χ1v) is 5.92. The van der Waals surface area contributed by atoms with Crippen molar-refractivity contribution in [2.45, 2.75) is 6.92 Å². The first kappa shape index (κ1) is 13.0. The Hall–Kier alpha value is -2.47. The summed E-state index contributed by atoms with van der Waals surface area (Å²) in [5, 5.41) is 8.99. The average molecular weight is 253 g/mol. The van der Waals surface area contributed by atoms with Gasteiger partial charge < -0.3 is 9.47 Å². The van der Waals surface area contributed by atoms with Crippen LogP contribution < -0.4 is 9.47 Å². The van der Waals surface area contributed by atoms with Gasteiger partial charge in [-0.15, -0.1) is 0 Å². The smallest absolute Gasteiger partial charge is 0.161 e. The average Bonchev–Trinajstić information content (AvgIpc) is 2.47. The zero-order valence-electron chi connectivity index (χ0n) is 11.2. The van der Waals surface area contributed by atoms with Crippen LogP contribution >= 0.6 is 0 Å². The van der Waals surface area contributed by atoms with E-state index in [2.05, 4.69) is 6.07 Å². The van der Waals surface area contributed by atoms with Crippen molar-refractivity contribution in [1.82, 2.24) is 0 Å². The molecule has 0 atom stereocenters. The van der Waals surface area contributed by atoms with Gasteiger partial charge in [0.05, 0.1) is 25.9 Å². The molecule has 0 bridgehead atoms. The van der Waals surface area contributed by atoms with Gasteiger partial charge in [-0.1, -0.05) is 12.1 Å². The van der Waals surface area contributed by atoms with Crippen molar-refractivity contribution in [2.24, 2.45) is 0 Å². The van der Waals surface area contributed by atoms with Gasteiger partial charge in [0.2, 0.25) is 0 Å². The zero-order chi connectivity index (χ0) is 13.8. The van der Waals surface area contributed by atoms with E-state index < -0.39 is 0 Å². The molecule has 3 heteroatoms. The fraction of sp³-hybridized carbons (Fsp3) is 0.188.